The van der Waals surface area contributed by atoms with Crippen molar-refractivity contribution in [3.05, 3.63) is 79.3 Å². The number of halogens is 4. The number of tetrazole rings is 2. The zero-order valence-electron chi connectivity index (χ0n) is 15.6. The van der Waals surface area contributed by atoms with Crippen LogP contribution >= 0.6 is 46.4 Å². The fraction of sp³-hybridized carbons (Fsp3) is 0.222. The van der Waals surface area contributed by atoms with Gasteiger partial charge in [0.15, 0.2) is 11.6 Å². The summed E-state index contributed by atoms with van der Waals surface area (Å²) in [6.07, 6.45) is -0.818. The van der Waals surface area contributed by atoms with Gasteiger partial charge in [-0.25, -0.2) is 0 Å². The van der Waals surface area contributed by atoms with Crippen molar-refractivity contribution in [2.75, 3.05) is 0 Å². The summed E-state index contributed by atoms with van der Waals surface area (Å²) in [5.41, 5.74) is 1.16. The maximum atomic E-state index is 6.51. The number of aromatic amines is 2. The molecule has 0 amide bonds. The average molecular weight is 500 g/mol. The van der Waals surface area contributed by atoms with Crippen LogP contribution in [0.2, 0.25) is 20.1 Å². The molecule has 0 fully saturated rings. The van der Waals surface area contributed by atoms with Crippen LogP contribution in [0.1, 0.15) is 35.0 Å². The number of rotatable bonds is 8. The molecule has 31 heavy (non-hydrogen) atoms. The van der Waals surface area contributed by atoms with E-state index in [4.69, 9.17) is 51.1 Å². The largest absolute Gasteiger partial charge is 0.364 e. The van der Waals surface area contributed by atoms with Gasteiger partial charge in [-0.15, -0.1) is 20.4 Å². The lowest BCUT2D eigenvalue weighted by Gasteiger charge is -2.27. The maximum Gasteiger partial charge on any atom is 0.177 e. The molecule has 2 N–H and O–H groups in total. The first-order valence-electron chi connectivity index (χ1n) is 9.01. The number of benzene rings is 2. The van der Waals surface area contributed by atoms with Crippen LogP contribution in [0.3, 0.4) is 0 Å². The second kappa shape index (κ2) is 9.88. The SMILES string of the molecule is Clc1cccc(Cl)c1C(Cc1nn[nH]n1)OC(Cc1nn[nH]n1)c1c(Cl)cccc1Cl. The summed E-state index contributed by atoms with van der Waals surface area (Å²) < 4.78 is 6.51. The summed E-state index contributed by atoms with van der Waals surface area (Å²) in [6, 6.07) is 10.4. The molecule has 0 saturated carbocycles. The highest BCUT2D eigenvalue weighted by molar-refractivity contribution is 6.36. The van der Waals surface area contributed by atoms with Crippen LogP contribution in [0.25, 0.3) is 0 Å². The Morgan fingerprint density at radius 2 is 1.06 bits per heavy atom. The highest BCUT2D eigenvalue weighted by Crippen LogP contribution is 2.41. The smallest absolute Gasteiger partial charge is 0.177 e. The Balaban J connectivity index is 1.76. The van der Waals surface area contributed by atoms with Crippen LogP contribution in [0.15, 0.2) is 36.4 Å². The number of nitrogens with one attached hydrogen (secondary N) is 2. The van der Waals surface area contributed by atoms with Crippen molar-refractivity contribution in [3.63, 3.8) is 0 Å². The molecule has 9 nitrogen and oxygen atoms in total. The summed E-state index contributed by atoms with van der Waals surface area (Å²) >= 11 is 25.9. The van der Waals surface area contributed by atoms with E-state index < -0.39 is 12.2 Å². The van der Waals surface area contributed by atoms with Gasteiger partial charge in [0, 0.05) is 44.1 Å². The molecule has 0 bridgehead atoms. The zero-order chi connectivity index (χ0) is 21.8. The van der Waals surface area contributed by atoms with E-state index in [1.165, 1.54) is 0 Å². The standard InChI is InChI=1S/C18H14Cl4N8O/c19-9-3-1-4-10(20)17(9)13(7-15-23-27-28-24-15)31-14(8-16-25-29-30-26-16)18-11(21)5-2-6-12(18)22/h1-6,13-14H,7-8H2,(H,23,24,27,28)(H,25,26,29,30). The molecule has 4 rings (SSSR count). The van der Waals surface area contributed by atoms with E-state index in [9.17, 15) is 0 Å². The second-order valence-corrected chi connectivity index (χ2v) is 8.08. The summed E-state index contributed by atoms with van der Waals surface area (Å²) in [7, 11) is 0. The van der Waals surface area contributed by atoms with E-state index in [0.29, 0.717) is 42.9 Å². The van der Waals surface area contributed by atoms with Crippen molar-refractivity contribution in [1.82, 2.24) is 41.2 Å². The van der Waals surface area contributed by atoms with Gasteiger partial charge < -0.3 is 4.74 Å². The average Bonchev–Trinajstić information content (AvgIpc) is 3.42. The van der Waals surface area contributed by atoms with E-state index in [1.807, 2.05) is 0 Å². The molecule has 160 valence electrons. The van der Waals surface area contributed by atoms with E-state index in [1.54, 1.807) is 36.4 Å². The third-order valence-corrected chi connectivity index (χ3v) is 5.80. The van der Waals surface area contributed by atoms with Crippen molar-refractivity contribution in [2.45, 2.75) is 25.0 Å². The van der Waals surface area contributed by atoms with Crippen LogP contribution in [0.4, 0.5) is 0 Å². The summed E-state index contributed by atoms with van der Waals surface area (Å²) in [5, 5.41) is 29.9. The van der Waals surface area contributed by atoms with Crippen LogP contribution in [0, 0.1) is 0 Å². The Labute approximate surface area is 196 Å². The lowest BCUT2D eigenvalue weighted by molar-refractivity contribution is -0.0165. The summed E-state index contributed by atoms with van der Waals surface area (Å²) in [5.74, 6) is 0.842. The number of H-pyrrole nitrogens is 2. The lowest BCUT2D eigenvalue weighted by atomic mass is 10.0. The van der Waals surface area contributed by atoms with Crippen LogP contribution < -0.4 is 0 Å². The molecule has 0 aliphatic rings. The van der Waals surface area contributed by atoms with E-state index in [-0.39, 0.29) is 12.8 Å². The zero-order valence-corrected chi connectivity index (χ0v) is 18.7. The normalized spacial score (nSPS) is 13.3. The van der Waals surface area contributed by atoms with Crippen LogP contribution in [-0.4, -0.2) is 41.2 Å². The van der Waals surface area contributed by atoms with Gasteiger partial charge in [0.25, 0.3) is 0 Å². The third-order valence-electron chi connectivity index (χ3n) is 4.49. The van der Waals surface area contributed by atoms with E-state index >= 15 is 0 Å². The van der Waals surface area contributed by atoms with Crippen LogP contribution in [0.5, 0.6) is 0 Å². The van der Waals surface area contributed by atoms with Gasteiger partial charge in [0.2, 0.25) is 0 Å². The fourth-order valence-corrected chi connectivity index (χ4v) is 4.42. The number of ether oxygens (including phenoxy) is 1. The van der Waals surface area contributed by atoms with Gasteiger partial charge in [0.05, 0.1) is 12.2 Å². The van der Waals surface area contributed by atoms with Crippen molar-refractivity contribution in [2.24, 2.45) is 0 Å². The monoisotopic (exact) mass is 498 g/mol. The Kier molecular flexibility index (Phi) is 6.99. The second-order valence-electron chi connectivity index (χ2n) is 6.45. The van der Waals surface area contributed by atoms with Gasteiger partial charge in [-0.2, -0.15) is 10.4 Å². The fourth-order valence-electron chi connectivity index (χ4n) is 3.14. The van der Waals surface area contributed by atoms with E-state index in [0.717, 1.165) is 0 Å². The first-order chi connectivity index (χ1) is 15.0. The molecule has 0 spiro atoms. The number of nitrogens with zero attached hydrogens (tertiary/aromatic N) is 6. The minimum absolute atomic E-state index is 0.241. The summed E-state index contributed by atoms with van der Waals surface area (Å²) in [6.45, 7) is 0. The van der Waals surface area contributed by atoms with Gasteiger partial charge >= 0.3 is 0 Å². The minimum atomic E-state index is -0.650. The van der Waals surface area contributed by atoms with E-state index in [2.05, 4.69) is 41.2 Å². The molecule has 2 heterocycles. The molecule has 13 heteroatoms. The molecule has 0 radical (unpaired) electrons. The topological polar surface area (TPSA) is 118 Å². The predicted molar refractivity (Wildman–Crippen MR) is 115 cm³/mol. The molecule has 2 unspecified atom stereocenters. The lowest BCUT2D eigenvalue weighted by Crippen LogP contribution is -2.17. The Morgan fingerprint density at radius 1 is 0.677 bits per heavy atom. The number of hydrogen-bond acceptors (Lipinski definition) is 7. The third kappa shape index (κ3) is 5.13. The van der Waals surface area contributed by atoms with Crippen molar-refractivity contribution < 1.29 is 4.74 Å². The van der Waals surface area contributed by atoms with Crippen LogP contribution in [-0.2, 0) is 17.6 Å². The number of aromatic nitrogens is 8. The highest BCUT2D eigenvalue weighted by Gasteiger charge is 2.29. The molecule has 2 aromatic carbocycles. The molecular formula is C18H14Cl4N8O. The molecular weight excluding hydrogens is 486 g/mol. The first kappa shape index (κ1) is 21.9. The maximum absolute atomic E-state index is 6.51. The predicted octanol–water partition coefficient (Wildman–Crippen LogP) is 4.61. The summed E-state index contributed by atoms with van der Waals surface area (Å²) in [4.78, 5) is 0. The highest BCUT2D eigenvalue weighted by atomic mass is 35.5. The molecule has 2 atom stereocenters. The van der Waals surface area contributed by atoms with Gasteiger partial charge in [-0.3, -0.25) is 0 Å². The van der Waals surface area contributed by atoms with Crippen molar-refractivity contribution in [3.8, 4) is 0 Å². The molecule has 2 aromatic heterocycles. The quantitative estimate of drug-likeness (QED) is 0.363. The van der Waals surface area contributed by atoms with Gasteiger partial charge in [0.1, 0.15) is 0 Å². The molecule has 0 aliphatic carbocycles. The Morgan fingerprint density at radius 3 is 1.39 bits per heavy atom. The first-order valence-corrected chi connectivity index (χ1v) is 10.5. The Bertz CT molecular complexity index is 1010. The minimum Gasteiger partial charge on any atom is -0.364 e. The molecule has 4 aromatic rings. The van der Waals surface area contributed by atoms with Crippen molar-refractivity contribution >= 4 is 46.4 Å². The van der Waals surface area contributed by atoms with Gasteiger partial charge in [-0.1, -0.05) is 69.0 Å². The Hall–Kier alpha value is -2.30. The molecule has 0 saturated heterocycles. The van der Waals surface area contributed by atoms with Crippen molar-refractivity contribution in [1.29, 1.82) is 0 Å². The molecule has 0 aliphatic heterocycles. The van der Waals surface area contributed by atoms with Gasteiger partial charge in [-0.05, 0) is 24.3 Å². The number of hydrogen-bond donors (Lipinski definition) is 2.